The van der Waals surface area contributed by atoms with Gasteiger partial charge in [-0.3, -0.25) is 9.59 Å². The lowest BCUT2D eigenvalue weighted by molar-refractivity contribution is -0.142. The second-order valence-corrected chi connectivity index (χ2v) is 8.39. The van der Waals surface area contributed by atoms with Gasteiger partial charge in [0.15, 0.2) is 0 Å². The third-order valence-electron chi connectivity index (χ3n) is 4.13. The van der Waals surface area contributed by atoms with E-state index in [0.717, 1.165) is 0 Å². The predicted octanol–water partition coefficient (Wildman–Crippen LogP) is -0.0150. The summed E-state index contributed by atoms with van der Waals surface area (Å²) in [6.07, 6.45) is 0. The maximum Gasteiger partial charge on any atom is 0.338 e. The molecule has 0 radical (unpaired) electrons. The van der Waals surface area contributed by atoms with E-state index in [9.17, 15) is 27.6 Å². The quantitative estimate of drug-likeness (QED) is 0.367. The van der Waals surface area contributed by atoms with E-state index in [1.54, 1.807) is 13.8 Å². The maximum atomic E-state index is 12.3. The van der Waals surface area contributed by atoms with Gasteiger partial charge >= 0.3 is 18.0 Å². The molecule has 1 aromatic carbocycles. The van der Waals surface area contributed by atoms with Gasteiger partial charge in [-0.05, 0) is 38.1 Å². The van der Waals surface area contributed by atoms with E-state index in [1.165, 1.54) is 31.2 Å². The minimum absolute atomic E-state index is 0.0458. The Labute approximate surface area is 184 Å². The number of carbonyl (C=O) groups is 4. The molecule has 0 aromatic heterocycles. The zero-order valence-corrected chi connectivity index (χ0v) is 18.5. The van der Waals surface area contributed by atoms with Crippen LogP contribution in [0.2, 0.25) is 0 Å². The van der Waals surface area contributed by atoms with Crippen LogP contribution in [0.4, 0.5) is 10.5 Å². The third kappa shape index (κ3) is 6.78. The van der Waals surface area contributed by atoms with Crippen LogP contribution in [0.25, 0.3) is 0 Å². The lowest BCUT2D eigenvalue weighted by Crippen LogP contribution is -2.50. The molecule has 12 nitrogen and oxygen atoms in total. The summed E-state index contributed by atoms with van der Waals surface area (Å²) in [4.78, 5) is 46.8. The number of amides is 3. The summed E-state index contributed by atoms with van der Waals surface area (Å²) in [6, 6.07) is 4.08. The molecule has 1 aliphatic heterocycles. The van der Waals surface area contributed by atoms with Crippen LogP contribution in [0.1, 0.15) is 20.8 Å². The van der Waals surface area contributed by atoms with Crippen molar-refractivity contribution in [1.29, 1.82) is 0 Å². The standard InChI is InChI=1S/C19H24N4O8S/c1-4-30-18(26)17-11(2)21-19(27)23-15(17)10-31-16(25)9-20-32(28,29)14-7-5-13(6-8-14)22-12(3)24/h5-8,11,20H,4,9-10H2,1-3H3,(H,22,24)(H2,21,23,27). The van der Waals surface area contributed by atoms with Crippen LogP contribution in [0.3, 0.4) is 0 Å². The summed E-state index contributed by atoms with van der Waals surface area (Å²) in [7, 11) is -4.02. The fourth-order valence-corrected chi connectivity index (χ4v) is 3.72. The average molecular weight is 468 g/mol. The zero-order chi connectivity index (χ0) is 23.9. The number of benzene rings is 1. The van der Waals surface area contributed by atoms with Gasteiger partial charge in [-0.15, -0.1) is 0 Å². The summed E-state index contributed by atoms with van der Waals surface area (Å²) in [5.74, 6) is -1.91. The van der Waals surface area contributed by atoms with Crippen molar-refractivity contribution in [2.45, 2.75) is 31.7 Å². The topological polar surface area (TPSA) is 169 Å². The number of urea groups is 1. The highest BCUT2D eigenvalue weighted by Crippen LogP contribution is 2.15. The highest BCUT2D eigenvalue weighted by Gasteiger charge is 2.30. The number of rotatable bonds is 9. The Hall–Kier alpha value is -3.45. The van der Waals surface area contributed by atoms with Crippen molar-refractivity contribution in [3.63, 3.8) is 0 Å². The number of ether oxygens (including phenoxy) is 2. The smallest absolute Gasteiger partial charge is 0.338 e. The molecule has 0 fully saturated rings. The molecular formula is C19H24N4O8S. The van der Waals surface area contributed by atoms with Crippen LogP contribution in [0.15, 0.2) is 40.4 Å². The number of sulfonamides is 1. The number of hydrogen-bond donors (Lipinski definition) is 4. The molecule has 0 saturated carbocycles. The first-order valence-electron chi connectivity index (χ1n) is 9.54. The molecule has 1 unspecified atom stereocenters. The Morgan fingerprint density at radius 3 is 2.38 bits per heavy atom. The van der Waals surface area contributed by atoms with E-state index >= 15 is 0 Å². The SMILES string of the molecule is CCOC(=O)C1=C(COC(=O)CNS(=O)(=O)c2ccc(NC(C)=O)cc2)NC(=O)NC1C. The highest BCUT2D eigenvalue weighted by atomic mass is 32.2. The molecule has 3 amide bonds. The minimum atomic E-state index is -4.02. The van der Waals surface area contributed by atoms with Gasteiger partial charge in [-0.1, -0.05) is 0 Å². The van der Waals surface area contributed by atoms with E-state index in [4.69, 9.17) is 9.47 Å². The second-order valence-electron chi connectivity index (χ2n) is 6.62. The molecule has 0 aliphatic carbocycles. The van der Waals surface area contributed by atoms with E-state index in [0.29, 0.717) is 5.69 Å². The lowest BCUT2D eigenvalue weighted by atomic mass is 10.0. The summed E-state index contributed by atoms with van der Waals surface area (Å²) in [5.41, 5.74) is 0.559. The number of carbonyl (C=O) groups excluding carboxylic acids is 4. The van der Waals surface area contributed by atoms with Gasteiger partial charge in [-0.25, -0.2) is 18.0 Å². The van der Waals surface area contributed by atoms with Gasteiger partial charge in [0.1, 0.15) is 13.2 Å². The number of hydrogen-bond acceptors (Lipinski definition) is 8. The molecule has 0 bridgehead atoms. The molecule has 1 heterocycles. The minimum Gasteiger partial charge on any atom is -0.463 e. The van der Waals surface area contributed by atoms with Crippen LogP contribution in [-0.4, -0.2) is 58.1 Å². The number of esters is 2. The predicted molar refractivity (Wildman–Crippen MR) is 112 cm³/mol. The van der Waals surface area contributed by atoms with E-state index in [1.807, 2.05) is 0 Å². The van der Waals surface area contributed by atoms with Crippen LogP contribution < -0.4 is 20.7 Å². The number of anilines is 1. The monoisotopic (exact) mass is 468 g/mol. The molecular weight excluding hydrogens is 444 g/mol. The molecule has 13 heteroatoms. The van der Waals surface area contributed by atoms with E-state index < -0.39 is 47.2 Å². The first-order valence-corrected chi connectivity index (χ1v) is 11.0. The molecule has 174 valence electrons. The Kier molecular flexibility index (Phi) is 8.32. The molecule has 32 heavy (non-hydrogen) atoms. The van der Waals surface area contributed by atoms with Crippen molar-refractivity contribution in [2.24, 2.45) is 0 Å². The van der Waals surface area contributed by atoms with Crippen LogP contribution in [0.5, 0.6) is 0 Å². The molecule has 1 atom stereocenters. The summed E-state index contributed by atoms with van der Waals surface area (Å²) in [6.45, 7) is 3.48. The first kappa shape index (κ1) is 24.8. The molecule has 4 N–H and O–H groups in total. The summed E-state index contributed by atoms with van der Waals surface area (Å²) < 4.78 is 36.7. The normalized spacial score (nSPS) is 16.0. The van der Waals surface area contributed by atoms with Gasteiger partial charge in [0.05, 0.1) is 28.8 Å². The Morgan fingerprint density at radius 1 is 1.12 bits per heavy atom. The summed E-state index contributed by atoms with van der Waals surface area (Å²) in [5, 5.41) is 7.40. The van der Waals surface area contributed by atoms with Crippen LogP contribution in [0, 0.1) is 0 Å². The van der Waals surface area contributed by atoms with Gasteiger partial charge in [0, 0.05) is 12.6 Å². The van der Waals surface area contributed by atoms with Crippen molar-refractivity contribution in [3.05, 3.63) is 35.5 Å². The Balaban J connectivity index is 1.99. The molecule has 0 saturated heterocycles. The lowest BCUT2D eigenvalue weighted by Gasteiger charge is -2.26. The molecule has 1 aromatic rings. The Morgan fingerprint density at radius 2 is 1.78 bits per heavy atom. The first-order chi connectivity index (χ1) is 15.0. The van der Waals surface area contributed by atoms with E-state index in [2.05, 4.69) is 20.7 Å². The van der Waals surface area contributed by atoms with Gasteiger partial charge in [0.2, 0.25) is 15.9 Å². The van der Waals surface area contributed by atoms with E-state index in [-0.39, 0.29) is 28.7 Å². The molecule has 2 rings (SSSR count). The zero-order valence-electron chi connectivity index (χ0n) is 17.7. The van der Waals surface area contributed by atoms with Crippen molar-refractivity contribution in [3.8, 4) is 0 Å². The fourth-order valence-electron chi connectivity index (χ4n) is 2.75. The van der Waals surface area contributed by atoms with Crippen molar-refractivity contribution < 1.29 is 37.1 Å². The Bertz CT molecular complexity index is 1030. The van der Waals surface area contributed by atoms with Crippen molar-refractivity contribution in [2.75, 3.05) is 25.1 Å². The van der Waals surface area contributed by atoms with Crippen LogP contribution in [-0.2, 0) is 33.9 Å². The van der Waals surface area contributed by atoms with Gasteiger partial charge in [0.25, 0.3) is 0 Å². The third-order valence-corrected chi connectivity index (χ3v) is 5.55. The maximum absolute atomic E-state index is 12.3. The van der Waals surface area contributed by atoms with Crippen LogP contribution >= 0.6 is 0 Å². The van der Waals surface area contributed by atoms with Crippen molar-refractivity contribution >= 4 is 39.6 Å². The molecule has 0 spiro atoms. The second kappa shape index (κ2) is 10.7. The average Bonchev–Trinajstić information content (AvgIpc) is 2.70. The van der Waals surface area contributed by atoms with Gasteiger partial charge in [-0.2, -0.15) is 4.72 Å². The number of nitrogens with one attached hydrogen (secondary N) is 4. The largest absolute Gasteiger partial charge is 0.463 e. The highest BCUT2D eigenvalue weighted by molar-refractivity contribution is 7.89. The fraction of sp³-hybridized carbons (Fsp3) is 0.368. The van der Waals surface area contributed by atoms with Crippen molar-refractivity contribution in [1.82, 2.24) is 15.4 Å². The van der Waals surface area contributed by atoms with Gasteiger partial charge < -0.3 is 25.4 Å². The summed E-state index contributed by atoms with van der Waals surface area (Å²) >= 11 is 0. The molecule has 1 aliphatic rings.